The summed E-state index contributed by atoms with van der Waals surface area (Å²) in [6.45, 7) is 4.34. The second-order valence-corrected chi connectivity index (χ2v) is 5.86. The van der Waals surface area contributed by atoms with Crippen LogP contribution in [-0.2, 0) is 0 Å². The Balaban J connectivity index is 2.15. The van der Waals surface area contributed by atoms with Crippen molar-refractivity contribution in [2.24, 2.45) is 0 Å². The molecule has 0 amide bonds. The lowest BCUT2D eigenvalue weighted by Crippen LogP contribution is -2.18. The maximum atomic E-state index is 6.08. The largest absolute Gasteiger partial charge is 0.316 e. The standard InChI is InChI=1S/C13H19Cl2NS/c1-2-3-4-7-16-8-9-17-13-10-11(14)5-6-12(13)15/h5-6,10,16H,2-4,7-9H2,1H3. The van der Waals surface area contributed by atoms with Crippen LogP contribution in [-0.4, -0.2) is 18.8 Å². The van der Waals surface area contributed by atoms with Crippen molar-refractivity contribution in [1.29, 1.82) is 0 Å². The third-order valence-electron chi connectivity index (χ3n) is 2.39. The van der Waals surface area contributed by atoms with Crippen molar-refractivity contribution in [1.82, 2.24) is 5.32 Å². The van der Waals surface area contributed by atoms with E-state index in [9.17, 15) is 0 Å². The molecule has 0 spiro atoms. The Kier molecular flexibility index (Phi) is 8.12. The molecule has 1 rings (SSSR count). The molecule has 0 unspecified atom stereocenters. The van der Waals surface area contributed by atoms with Crippen LogP contribution in [0.3, 0.4) is 0 Å². The van der Waals surface area contributed by atoms with Crippen molar-refractivity contribution in [2.75, 3.05) is 18.8 Å². The first kappa shape index (κ1) is 15.2. The number of hydrogen-bond donors (Lipinski definition) is 1. The Morgan fingerprint density at radius 3 is 2.76 bits per heavy atom. The van der Waals surface area contributed by atoms with Gasteiger partial charge in [-0.1, -0.05) is 43.0 Å². The van der Waals surface area contributed by atoms with Crippen molar-refractivity contribution in [2.45, 2.75) is 31.1 Å². The first-order valence-electron chi connectivity index (χ1n) is 6.02. The molecule has 0 aromatic heterocycles. The molecule has 1 N–H and O–H groups in total. The fourth-order valence-corrected chi connectivity index (χ4v) is 2.85. The highest BCUT2D eigenvalue weighted by atomic mass is 35.5. The van der Waals surface area contributed by atoms with Gasteiger partial charge in [0.1, 0.15) is 0 Å². The zero-order valence-corrected chi connectivity index (χ0v) is 12.5. The van der Waals surface area contributed by atoms with E-state index in [0.717, 1.165) is 33.8 Å². The third-order valence-corrected chi connectivity index (χ3v) is 4.12. The Bertz CT molecular complexity index is 331. The molecular weight excluding hydrogens is 273 g/mol. The number of rotatable bonds is 8. The van der Waals surface area contributed by atoms with Crippen LogP contribution in [0.4, 0.5) is 0 Å². The normalized spacial score (nSPS) is 10.8. The molecule has 4 heteroatoms. The Morgan fingerprint density at radius 1 is 1.18 bits per heavy atom. The minimum atomic E-state index is 0.743. The average molecular weight is 292 g/mol. The molecule has 1 nitrogen and oxygen atoms in total. The number of nitrogens with one attached hydrogen (secondary N) is 1. The fraction of sp³-hybridized carbons (Fsp3) is 0.538. The number of halogens is 2. The summed E-state index contributed by atoms with van der Waals surface area (Å²) in [6, 6.07) is 5.59. The van der Waals surface area contributed by atoms with E-state index in [1.807, 2.05) is 18.2 Å². The van der Waals surface area contributed by atoms with E-state index in [-0.39, 0.29) is 0 Å². The highest BCUT2D eigenvalue weighted by molar-refractivity contribution is 7.99. The van der Waals surface area contributed by atoms with Gasteiger partial charge >= 0.3 is 0 Å². The van der Waals surface area contributed by atoms with Crippen molar-refractivity contribution in [3.63, 3.8) is 0 Å². The molecule has 1 aromatic rings. The molecule has 0 aliphatic rings. The average Bonchev–Trinajstić information content (AvgIpc) is 2.32. The van der Waals surface area contributed by atoms with Gasteiger partial charge < -0.3 is 5.32 Å². The van der Waals surface area contributed by atoms with Gasteiger partial charge in [0.15, 0.2) is 0 Å². The smallest absolute Gasteiger partial charge is 0.0542 e. The van der Waals surface area contributed by atoms with Gasteiger partial charge in [0.2, 0.25) is 0 Å². The predicted octanol–water partition coefficient (Wildman–Crippen LogP) is 4.87. The molecule has 96 valence electrons. The van der Waals surface area contributed by atoms with Crippen LogP contribution in [0.15, 0.2) is 23.1 Å². The van der Waals surface area contributed by atoms with Gasteiger partial charge in [-0.25, -0.2) is 0 Å². The minimum Gasteiger partial charge on any atom is -0.316 e. The Hall–Kier alpha value is 0.110. The van der Waals surface area contributed by atoms with Crippen LogP contribution < -0.4 is 5.32 Å². The van der Waals surface area contributed by atoms with Crippen LogP contribution in [0.1, 0.15) is 26.2 Å². The predicted molar refractivity (Wildman–Crippen MR) is 79.6 cm³/mol. The second-order valence-electron chi connectivity index (χ2n) is 3.88. The fourth-order valence-electron chi connectivity index (χ4n) is 1.45. The van der Waals surface area contributed by atoms with Gasteiger partial charge in [-0.05, 0) is 31.2 Å². The topological polar surface area (TPSA) is 12.0 Å². The van der Waals surface area contributed by atoms with Gasteiger partial charge in [0.05, 0.1) is 5.02 Å². The van der Waals surface area contributed by atoms with E-state index in [2.05, 4.69) is 12.2 Å². The van der Waals surface area contributed by atoms with E-state index in [1.165, 1.54) is 19.3 Å². The maximum absolute atomic E-state index is 6.08. The molecule has 0 fully saturated rings. The highest BCUT2D eigenvalue weighted by Crippen LogP contribution is 2.29. The van der Waals surface area contributed by atoms with Gasteiger partial charge in [0.25, 0.3) is 0 Å². The number of thioether (sulfide) groups is 1. The summed E-state index contributed by atoms with van der Waals surface area (Å²) in [5.74, 6) is 1.02. The first-order chi connectivity index (χ1) is 8.24. The van der Waals surface area contributed by atoms with Crippen molar-refractivity contribution >= 4 is 35.0 Å². The number of hydrogen-bond acceptors (Lipinski definition) is 2. The number of unbranched alkanes of at least 4 members (excludes halogenated alkanes) is 2. The van der Waals surface area contributed by atoms with Crippen LogP contribution in [0.25, 0.3) is 0 Å². The van der Waals surface area contributed by atoms with Crippen LogP contribution >= 0.6 is 35.0 Å². The lowest BCUT2D eigenvalue weighted by Gasteiger charge is -2.06. The molecular formula is C13H19Cl2NS. The molecule has 0 heterocycles. The van der Waals surface area contributed by atoms with Crippen LogP contribution in [0, 0.1) is 0 Å². The minimum absolute atomic E-state index is 0.743. The molecule has 0 aliphatic heterocycles. The third kappa shape index (κ3) is 6.56. The lowest BCUT2D eigenvalue weighted by atomic mass is 10.2. The van der Waals surface area contributed by atoms with E-state index in [0.29, 0.717) is 0 Å². The quantitative estimate of drug-likeness (QED) is 0.542. The van der Waals surface area contributed by atoms with Crippen molar-refractivity contribution in [3.05, 3.63) is 28.2 Å². The Labute approximate surface area is 118 Å². The van der Waals surface area contributed by atoms with Gasteiger partial charge in [0, 0.05) is 22.2 Å². The summed E-state index contributed by atoms with van der Waals surface area (Å²) in [4.78, 5) is 1.06. The van der Waals surface area contributed by atoms with E-state index >= 15 is 0 Å². The molecule has 0 aliphatic carbocycles. The molecule has 1 aromatic carbocycles. The summed E-state index contributed by atoms with van der Waals surface area (Å²) >= 11 is 13.8. The lowest BCUT2D eigenvalue weighted by molar-refractivity contribution is 0.636. The second kappa shape index (κ2) is 9.09. The van der Waals surface area contributed by atoms with E-state index in [1.54, 1.807) is 11.8 Å². The molecule has 0 atom stereocenters. The zero-order valence-electron chi connectivity index (χ0n) is 10.1. The maximum Gasteiger partial charge on any atom is 0.0542 e. The van der Waals surface area contributed by atoms with E-state index < -0.39 is 0 Å². The molecule has 0 saturated heterocycles. The Morgan fingerprint density at radius 2 is 2.00 bits per heavy atom. The highest BCUT2D eigenvalue weighted by Gasteiger charge is 2.01. The van der Waals surface area contributed by atoms with Crippen LogP contribution in [0.2, 0.25) is 10.0 Å². The van der Waals surface area contributed by atoms with Crippen molar-refractivity contribution < 1.29 is 0 Å². The van der Waals surface area contributed by atoms with Gasteiger partial charge in [-0.3, -0.25) is 0 Å². The SMILES string of the molecule is CCCCCNCCSc1cc(Cl)ccc1Cl. The molecule has 17 heavy (non-hydrogen) atoms. The van der Waals surface area contributed by atoms with Crippen molar-refractivity contribution in [3.8, 4) is 0 Å². The zero-order chi connectivity index (χ0) is 12.5. The van der Waals surface area contributed by atoms with Crippen LogP contribution in [0.5, 0.6) is 0 Å². The summed E-state index contributed by atoms with van der Waals surface area (Å²) < 4.78 is 0. The van der Waals surface area contributed by atoms with E-state index in [4.69, 9.17) is 23.2 Å². The summed E-state index contributed by atoms with van der Waals surface area (Å²) in [5, 5.41) is 4.95. The first-order valence-corrected chi connectivity index (χ1v) is 7.76. The summed E-state index contributed by atoms with van der Waals surface area (Å²) in [7, 11) is 0. The summed E-state index contributed by atoms with van der Waals surface area (Å²) in [6.07, 6.45) is 3.84. The molecule has 0 radical (unpaired) electrons. The van der Waals surface area contributed by atoms with Gasteiger partial charge in [-0.15, -0.1) is 11.8 Å². The molecule has 0 saturated carbocycles. The van der Waals surface area contributed by atoms with Gasteiger partial charge in [-0.2, -0.15) is 0 Å². The number of benzene rings is 1. The monoisotopic (exact) mass is 291 g/mol. The molecule has 0 bridgehead atoms. The summed E-state index contributed by atoms with van der Waals surface area (Å²) in [5.41, 5.74) is 0.